The van der Waals surface area contributed by atoms with Crippen LogP contribution in [0.5, 0.6) is 0 Å². The lowest BCUT2D eigenvalue weighted by Gasteiger charge is -2.20. The molecule has 0 aliphatic heterocycles. The number of carbonyl (C=O) groups excluding carboxylic acids is 3. The zero-order valence-electron chi connectivity index (χ0n) is 39.9. The Morgan fingerprint density at radius 1 is 0.677 bits per heavy atom. The maximum absolute atomic E-state index is 12.8. The van der Waals surface area contributed by atoms with E-state index in [0.717, 1.165) is 50.9 Å². The van der Waals surface area contributed by atoms with Crippen LogP contribution in [0.3, 0.4) is 0 Å². The van der Waals surface area contributed by atoms with E-state index in [9.17, 15) is 38.6 Å². The Morgan fingerprint density at radius 2 is 1.22 bits per heavy atom. The highest BCUT2D eigenvalue weighted by Gasteiger charge is 2.29. The Kier molecular flexibility index (Phi) is 35.6. The summed E-state index contributed by atoms with van der Waals surface area (Å²) < 4.78 is 47.9. The number of ether oxygens (including phenoxy) is 2. The quantitative estimate of drug-likeness (QED) is 0.0166. The standard InChI is InChI=1S/C48H86O15P2/c1-4-5-22-29-42(49)33-34-45-41(32-35-46(45)51)28-24-20-21-25-30-47(52)59-38-44(39-62-65(57,58)61-37-43(50)36-60-64(54,55)56)63-48(53)31-26-19-17-15-13-11-9-7-6-8-10-12-14-16-18-23-27-40(2)3/h20,24,32-35,40-45,49-50H,4-19,21-23,25-31,36-39H2,1-3H3,(H,57,58)(H2,54,55,56)/b24-20-,34-33+/t41-,42-,43-,44+,45+/m0/s1. The molecule has 0 amide bonds. The van der Waals surface area contributed by atoms with Crippen LogP contribution in [0.25, 0.3) is 0 Å². The van der Waals surface area contributed by atoms with Crippen molar-refractivity contribution in [1.29, 1.82) is 0 Å². The number of aliphatic hydroxyl groups excluding tert-OH is 2. The molecule has 0 saturated carbocycles. The number of allylic oxidation sites excluding steroid dienone is 5. The molecule has 5 N–H and O–H groups in total. The minimum atomic E-state index is -4.89. The predicted molar refractivity (Wildman–Crippen MR) is 253 cm³/mol. The number of aliphatic hydroxyl groups is 2. The predicted octanol–water partition coefficient (Wildman–Crippen LogP) is 10.7. The van der Waals surface area contributed by atoms with Gasteiger partial charge in [0.1, 0.15) is 12.7 Å². The largest absolute Gasteiger partial charge is 0.472 e. The monoisotopic (exact) mass is 965 g/mol. The molecule has 0 aromatic rings. The molecule has 1 unspecified atom stereocenters. The van der Waals surface area contributed by atoms with Gasteiger partial charge < -0.3 is 34.4 Å². The molecular weight excluding hydrogens is 878 g/mol. The van der Waals surface area contributed by atoms with Crippen LogP contribution in [0.4, 0.5) is 0 Å². The first-order valence-corrected chi connectivity index (χ1v) is 27.6. The first kappa shape index (κ1) is 61.0. The van der Waals surface area contributed by atoms with Gasteiger partial charge in [0, 0.05) is 18.8 Å². The second-order valence-electron chi connectivity index (χ2n) is 17.9. The number of esters is 2. The van der Waals surface area contributed by atoms with Gasteiger partial charge in [-0.15, -0.1) is 0 Å². The molecular formula is C48H86O15P2. The van der Waals surface area contributed by atoms with Crippen LogP contribution in [0, 0.1) is 17.8 Å². The number of hydrogen-bond acceptors (Lipinski definition) is 12. The van der Waals surface area contributed by atoms with Crippen LogP contribution in [-0.4, -0.2) is 87.4 Å². The van der Waals surface area contributed by atoms with E-state index < -0.39 is 72.3 Å². The molecule has 0 radical (unpaired) electrons. The fourth-order valence-electron chi connectivity index (χ4n) is 7.35. The van der Waals surface area contributed by atoms with Crippen molar-refractivity contribution in [3.8, 4) is 0 Å². The molecule has 65 heavy (non-hydrogen) atoms. The van der Waals surface area contributed by atoms with Crippen LogP contribution in [-0.2, 0) is 46.6 Å². The van der Waals surface area contributed by atoms with Crippen molar-refractivity contribution < 1.29 is 71.5 Å². The first-order chi connectivity index (χ1) is 31.0. The Labute approximate surface area is 390 Å². The molecule has 0 spiro atoms. The summed E-state index contributed by atoms with van der Waals surface area (Å²) in [4.78, 5) is 65.4. The second kappa shape index (κ2) is 37.9. The molecule has 0 saturated heterocycles. The Bertz CT molecular complexity index is 1450. The van der Waals surface area contributed by atoms with E-state index in [2.05, 4.69) is 25.3 Å². The third-order valence-electron chi connectivity index (χ3n) is 11.2. The van der Waals surface area contributed by atoms with Gasteiger partial charge in [-0.2, -0.15) is 0 Å². The van der Waals surface area contributed by atoms with Gasteiger partial charge >= 0.3 is 27.6 Å². The summed E-state index contributed by atoms with van der Waals surface area (Å²) >= 11 is 0. The van der Waals surface area contributed by atoms with E-state index in [4.69, 9.17) is 28.3 Å². The summed E-state index contributed by atoms with van der Waals surface area (Å²) in [5.74, 6) is -0.684. The topological polar surface area (TPSA) is 233 Å². The van der Waals surface area contributed by atoms with Crippen molar-refractivity contribution in [3.05, 3.63) is 36.5 Å². The summed E-state index contributed by atoms with van der Waals surface area (Å²) in [5, 5.41) is 20.0. The number of unbranched alkanes of at least 4 members (excludes halogenated alkanes) is 18. The molecule has 0 bridgehead atoms. The molecule has 0 aromatic heterocycles. The van der Waals surface area contributed by atoms with Gasteiger partial charge in [-0.3, -0.25) is 28.0 Å². The smallest absolute Gasteiger partial charge is 0.462 e. The van der Waals surface area contributed by atoms with E-state index in [-0.39, 0.29) is 30.5 Å². The minimum absolute atomic E-state index is 0.0114. The van der Waals surface area contributed by atoms with E-state index in [1.165, 1.54) is 77.0 Å². The number of ketones is 1. The molecule has 1 aliphatic carbocycles. The third-order valence-corrected chi connectivity index (χ3v) is 12.6. The van der Waals surface area contributed by atoms with Crippen molar-refractivity contribution in [2.24, 2.45) is 17.8 Å². The third kappa shape index (κ3) is 36.7. The van der Waals surface area contributed by atoms with E-state index in [1.807, 2.05) is 18.2 Å². The summed E-state index contributed by atoms with van der Waals surface area (Å²) in [7, 11) is -9.75. The average Bonchev–Trinajstić information content (AvgIpc) is 3.60. The van der Waals surface area contributed by atoms with Crippen molar-refractivity contribution >= 4 is 33.4 Å². The molecule has 1 rings (SSSR count). The molecule has 6 atom stereocenters. The van der Waals surface area contributed by atoms with Gasteiger partial charge in [0.05, 0.1) is 25.9 Å². The molecule has 17 heteroatoms. The van der Waals surface area contributed by atoms with Gasteiger partial charge in [-0.25, -0.2) is 9.13 Å². The summed E-state index contributed by atoms with van der Waals surface area (Å²) in [6.45, 7) is 3.80. The van der Waals surface area contributed by atoms with Gasteiger partial charge in [0.2, 0.25) is 0 Å². The molecule has 0 aromatic carbocycles. The number of phosphoric acid groups is 2. The maximum atomic E-state index is 12.8. The fraction of sp³-hybridized carbons (Fsp3) is 0.812. The Morgan fingerprint density at radius 3 is 1.80 bits per heavy atom. The molecule has 0 heterocycles. The van der Waals surface area contributed by atoms with E-state index in [0.29, 0.717) is 32.1 Å². The number of carbonyl (C=O) groups is 3. The summed E-state index contributed by atoms with van der Waals surface area (Å²) in [6, 6.07) is 0. The maximum Gasteiger partial charge on any atom is 0.472 e. The summed E-state index contributed by atoms with van der Waals surface area (Å²) in [6.07, 6.45) is 33.4. The average molecular weight is 965 g/mol. The zero-order valence-corrected chi connectivity index (χ0v) is 41.6. The highest BCUT2D eigenvalue weighted by Crippen LogP contribution is 2.44. The lowest BCUT2D eigenvalue weighted by molar-refractivity contribution is -0.161. The van der Waals surface area contributed by atoms with Gasteiger partial charge in [0.25, 0.3) is 0 Å². The van der Waals surface area contributed by atoms with Gasteiger partial charge in [-0.1, -0.05) is 173 Å². The van der Waals surface area contributed by atoms with Crippen molar-refractivity contribution in [2.45, 2.75) is 206 Å². The Balaban J connectivity index is 2.45. The Hall–Kier alpha value is -2.03. The SMILES string of the molecule is CCCCC[C@H](O)/C=C/[C@H]1C(=O)C=C[C@@H]1C/C=C\CCCC(=O)OC[C@H](COP(=O)(O)OC[C@@H](O)COP(=O)(O)O)OC(=O)CCCCCCCCCCCCCCCCCCC(C)C. The molecule has 15 nitrogen and oxygen atoms in total. The molecule has 0 fully saturated rings. The van der Waals surface area contributed by atoms with Crippen LogP contribution < -0.4 is 0 Å². The van der Waals surface area contributed by atoms with Crippen LogP contribution in [0.15, 0.2) is 36.5 Å². The highest BCUT2D eigenvalue weighted by atomic mass is 31.2. The number of phosphoric ester groups is 2. The molecule has 1 aliphatic rings. The molecule has 378 valence electrons. The van der Waals surface area contributed by atoms with Crippen molar-refractivity contribution in [3.63, 3.8) is 0 Å². The van der Waals surface area contributed by atoms with Crippen LogP contribution in [0.1, 0.15) is 188 Å². The zero-order chi connectivity index (χ0) is 48.2. The van der Waals surface area contributed by atoms with Crippen LogP contribution in [0.2, 0.25) is 0 Å². The second-order valence-corrected chi connectivity index (χ2v) is 20.6. The van der Waals surface area contributed by atoms with Gasteiger partial charge in [0.15, 0.2) is 11.9 Å². The van der Waals surface area contributed by atoms with E-state index >= 15 is 0 Å². The highest BCUT2D eigenvalue weighted by molar-refractivity contribution is 7.47. The lowest BCUT2D eigenvalue weighted by atomic mass is 9.90. The van der Waals surface area contributed by atoms with Crippen LogP contribution >= 0.6 is 15.6 Å². The van der Waals surface area contributed by atoms with Crippen molar-refractivity contribution in [2.75, 3.05) is 26.4 Å². The first-order valence-electron chi connectivity index (χ1n) is 24.6. The number of hydrogen-bond donors (Lipinski definition) is 5. The lowest BCUT2D eigenvalue weighted by Crippen LogP contribution is -2.30. The summed E-state index contributed by atoms with van der Waals surface area (Å²) in [5.41, 5.74) is 0. The number of rotatable bonds is 43. The minimum Gasteiger partial charge on any atom is -0.462 e. The fourth-order valence-corrected chi connectivity index (χ4v) is 8.50. The van der Waals surface area contributed by atoms with Crippen molar-refractivity contribution in [1.82, 2.24) is 0 Å². The normalized spacial score (nSPS) is 17.9. The van der Waals surface area contributed by atoms with Gasteiger partial charge in [-0.05, 0) is 50.0 Å². The van der Waals surface area contributed by atoms with E-state index in [1.54, 1.807) is 18.2 Å².